The van der Waals surface area contributed by atoms with Crippen LogP contribution in [0.1, 0.15) is 37.9 Å². The highest BCUT2D eigenvalue weighted by atomic mass is 35.5. The summed E-state index contributed by atoms with van der Waals surface area (Å²) in [5.41, 5.74) is 2.03. The molecule has 1 aliphatic heterocycles. The normalized spacial score (nSPS) is 14.7. The highest BCUT2D eigenvalue weighted by molar-refractivity contribution is 7.07. The van der Waals surface area contributed by atoms with Crippen molar-refractivity contribution in [2.75, 3.05) is 33.9 Å². The van der Waals surface area contributed by atoms with Gasteiger partial charge < -0.3 is 19.1 Å². The number of thiazole rings is 1. The Morgan fingerprint density at radius 1 is 1.20 bits per heavy atom. The fourth-order valence-corrected chi connectivity index (χ4v) is 6.01. The molecule has 0 aliphatic carbocycles. The minimum Gasteiger partial charge on any atom is -0.496 e. The van der Waals surface area contributed by atoms with E-state index in [0.29, 0.717) is 67.1 Å². The van der Waals surface area contributed by atoms with E-state index in [-0.39, 0.29) is 18.1 Å². The van der Waals surface area contributed by atoms with E-state index in [9.17, 15) is 9.59 Å². The number of rotatable bonds is 9. The van der Waals surface area contributed by atoms with Crippen LogP contribution in [0.25, 0.3) is 6.08 Å². The number of fused-ring (bicyclic) bond motifs is 1. The Labute approximate surface area is 241 Å². The molecule has 1 atom stereocenters. The second kappa shape index (κ2) is 12.5. The Kier molecular flexibility index (Phi) is 9.03. The number of allylic oxidation sites excluding steroid dienone is 1. The molecule has 0 fully saturated rings. The van der Waals surface area contributed by atoms with Crippen molar-refractivity contribution < 1.29 is 19.0 Å². The zero-order valence-corrected chi connectivity index (χ0v) is 24.6. The first-order valence-electron chi connectivity index (χ1n) is 12.7. The quantitative estimate of drug-likeness (QED) is 0.360. The van der Waals surface area contributed by atoms with Crippen LogP contribution in [0, 0.1) is 12.3 Å². The standard InChI is InChI=1S/C30H30ClN3O5S/c1-7-14-39-27-21(31)15-19(16-23(27)38-6)17-24-28(35)34-26(20-12-10-11-13-22(20)37-5)25(18(4)32-30(34)40-24)29(36)33(8-2)9-3/h1,10-13,15-17,26H,8-9,14H2,2-6H3/b24-17+/t26-/m1/s1. The van der Waals surface area contributed by atoms with Crippen LogP contribution in [0.2, 0.25) is 5.02 Å². The molecule has 0 saturated carbocycles. The molecule has 8 nitrogen and oxygen atoms in total. The van der Waals surface area contributed by atoms with Crippen molar-refractivity contribution in [1.29, 1.82) is 0 Å². The fraction of sp³-hybridized carbons (Fsp3) is 0.300. The van der Waals surface area contributed by atoms with Crippen molar-refractivity contribution >= 4 is 34.9 Å². The topological polar surface area (TPSA) is 82.4 Å². The van der Waals surface area contributed by atoms with Gasteiger partial charge in [0.15, 0.2) is 16.3 Å². The van der Waals surface area contributed by atoms with Gasteiger partial charge in [-0.25, -0.2) is 4.99 Å². The summed E-state index contributed by atoms with van der Waals surface area (Å²) in [5, 5.41) is 0.295. The van der Waals surface area contributed by atoms with Crippen LogP contribution in [-0.2, 0) is 4.79 Å². The molecule has 0 saturated heterocycles. The number of likely N-dealkylation sites (N-methyl/N-ethyl adjacent to an activating group) is 1. The second-order valence-electron chi connectivity index (χ2n) is 8.83. The van der Waals surface area contributed by atoms with Crippen LogP contribution in [0.15, 0.2) is 57.5 Å². The Hall–Kier alpha value is -4.00. The van der Waals surface area contributed by atoms with Gasteiger partial charge in [-0.05, 0) is 50.6 Å². The molecule has 1 aromatic heterocycles. The van der Waals surface area contributed by atoms with E-state index in [1.165, 1.54) is 18.4 Å². The van der Waals surface area contributed by atoms with Gasteiger partial charge in [-0.1, -0.05) is 47.1 Å². The van der Waals surface area contributed by atoms with E-state index >= 15 is 0 Å². The third-order valence-electron chi connectivity index (χ3n) is 6.59. The molecular weight excluding hydrogens is 550 g/mol. The van der Waals surface area contributed by atoms with Crippen LogP contribution in [-0.4, -0.2) is 49.3 Å². The van der Waals surface area contributed by atoms with Gasteiger partial charge in [0.25, 0.3) is 11.5 Å². The van der Waals surface area contributed by atoms with Gasteiger partial charge in [0, 0.05) is 18.7 Å². The number of hydrogen-bond donors (Lipinski definition) is 0. The number of carbonyl (C=O) groups is 1. The number of hydrogen-bond acceptors (Lipinski definition) is 7. The van der Waals surface area contributed by atoms with Crippen molar-refractivity contribution in [1.82, 2.24) is 9.47 Å². The lowest BCUT2D eigenvalue weighted by Gasteiger charge is -2.29. The van der Waals surface area contributed by atoms with Gasteiger partial charge >= 0.3 is 0 Å². The average molecular weight is 580 g/mol. The first kappa shape index (κ1) is 29.0. The molecule has 4 rings (SSSR count). The van der Waals surface area contributed by atoms with Gasteiger partial charge in [0.1, 0.15) is 18.4 Å². The SMILES string of the molecule is C#CCOc1c(Cl)cc(/C=c2/sc3n(c2=O)[C@H](c2ccccc2OC)C(C(=O)N(CC)CC)=C(C)N=3)cc1OC. The van der Waals surface area contributed by atoms with E-state index in [1.54, 1.807) is 41.7 Å². The highest BCUT2D eigenvalue weighted by Gasteiger charge is 2.35. The predicted octanol–water partition coefficient (Wildman–Crippen LogP) is 3.79. The lowest BCUT2D eigenvalue weighted by molar-refractivity contribution is -0.127. The number of benzene rings is 2. The largest absolute Gasteiger partial charge is 0.496 e. The zero-order valence-electron chi connectivity index (χ0n) is 23.0. The molecular formula is C30H30ClN3O5S. The Balaban J connectivity index is 1.95. The summed E-state index contributed by atoms with van der Waals surface area (Å²) in [4.78, 5) is 34.7. The third-order valence-corrected chi connectivity index (χ3v) is 7.85. The minimum absolute atomic E-state index is 0.0326. The Morgan fingerprint density at radius 3 is 2.55 bits per heavy atom. The van der Waals surface area contributed by atoms with Gasteiger partial charge in [0.2, 0.25) is 0 Å². The molecule has 3 aromatic rings. The first-order valence-corrected chi connectivity index (χ1v) is 13.9. The van der Waals surface area contributed by atoms with Crippen molar-refractivity contribution in [3.8, 4) is 29.6 Å². The summed E-state index contributed by atoms with van der Waals surface area (Å²) < 4.78 is 18.6. The van der Waals surface area contributed by atoms with Crippen LogP contribution < -0.4 is 29.1 Å². The first-order chi connectivity index (χ1) is 19.3. The third kappa shape index (κ3) is 5.37. The summed E-state index contributed by atoms with van der Waals surface area (Å²) in [6, 6.07) is 10.1. The van der Waals surface area contributed by atoms with Gasteiger partial charge in [-0.15, -0.1) is 6.42 Å². The molecule has 0 radical (unpaired) electrons. The van der Waals surface area contributed by atoms with E-state index in [4.69, 9.17) is 37.2 Å². The number of aromatic nitrogens is 1. The summed E-state index contributed by atoms with van der Waals surface area (Å²) >= 11 is 7.70. The van der Waals surface area contributed by atoms with E-state index in [2.05, 4.69) is 5.92 Å². The second-order valence-corrected chi connectivity index (χ2v) is 10.2. The van der Waals surface area contributed by atoms with Gasteiger partial charge in [-0.3, -0.25) is 14.2 Å². The van der Waals surface area contributed by atoms with Crippen LogP contribution >= 0.6 is 22.9 Å². The average Bonchev–Trinajstić information content (AvgIpc) is 3.25. The maximum atomic E-state index is 14.0. The monoisotopic (exact) mass is 579 g/mol. The molecule has 10 heteroatoms. The zero-order chi connectivity index (χ0) is 29.0. The summed E-state index contributed by atoms with van der Waals surface area (Å²) in [7, 11) is 3.07. The molecule has 1 amide bonds. The van der Waals surface area contributed by atoms with Crippen LogP contribution in [0.4, 0.5) is 0 Å². The number of methoxy groups -OCH3 is 2. The molecule has 40 heavy (non-hydrogen) atoms. The number of carbonyl (C=O) groups excluding carboxylic acids is 1. The Bertz CT molecular complexity index is 1700. The Morgan fingerprint density at radius 2 is 1.90 bits per heavy atom. The lowest BCUT2D eigenvalue weighted by Crippen LogP contribution is -2.43. The van der Waals surface area contributed by atoms with Crippen molar-refractivity contribution in [2.24, 2.45) is 4.99 Å². The molecule has 0 bridgehead atoms. The van der Waals surface area contributed by atoms with Crippen LogP contribution in [0.5, 0.6) is 17.2 Å². The molecule has 0 N–H and O–H groups in total. The molecule has 2 aromatic carbocycles. The minimum atomic E-state index is -0.722. The van der Waals surface area contributed by atoms with E-state index < -0.39 is 6.04 Å². The predicted molar refractivity (Wildman–Crippen MR) is 157 cm³/mol. The molecule has 1 aliphatic rings. The highest BCUT2D eigenvalue weighted by Crippen LogP contribution is 2.37. The van der Waals surface area contributed by atoms with Gasteiger partial charge in [0.05, 0.1) is 35.0 Å². The summed E-state index contributed by atoms with van der Waals surface area (Å²) in [6.07, 6.45) is 7.03. The number of halogens is 1. The lowest BCUT2D eigenvalue weighted by atomic mass is 9.94. The molecule has 2 heterocycles. The number of terminal acetylenes is 1. The number of amides is 1. The maximum absolute atomic E-state index is 14.0. The molecule has 0 spiro atoms. The molecule has 208 valence electrons. The van der Waals surface area contributed by atoms with E-state index in [0.717, 1.165) is 0 Å². The van der Waals surface area contributed by atoms with Crippen molar-refractivity contribution in [3.63, 3.8) is 0 Å². The number of para-hydroxylation sites is 1. The van der Waals surface area contributed by atoms with E-state index in [1.807, 2.05) is 38.1 Å². The smallest absolute Gasteiger partial charge is 0.271 e. The fourth-order valence-electron chi connectivity index (χ4n) is 4.69. The molecule has 0 unspecified atom stereocenters. The summed E-state index contributed by atoms with van der Waals surface area (Å²) in [5.74, 6) is 3.51. The van der Waals surface area contributed by atoms with Gasteiger partial charge in [-0.2, -0.15) is 0 Å². The van der Waals surface area contributed by atoms with Crippen LogP contribution in [0.3, 0.4) is 0 Å². The number of nitrogens with zero attached hydrogens (tertiary/aromatic N) is 3. The van der Waals surface area contributed by atoms with Crippen molar-refractivity contribution in [3.05, 3.63) is 83.5 Å². The van der Waals surface area contributed by atoms with Crippen molar-refractivity contribution in [2.45, 2.75) is 26.8 Å². The number of ether oxygens (including phenoxy) is 3. The summed E-state index contributed by atoms with van der Waals surface area (Å²) in [6.45, 7) is 6.73. The maximum Gasteiger partial charge on any atom is 0.271 e.